The first-order valence-corrected chi connectivity index (χ1v) is 18.4. The Morgan fingerprint density at radius 3 is 1.37 bits per heavy atom. The maximum atomic E-state index is 5.92. The summed E-state index contributed by atoms with van der Waals surface area (Å²) in [5.74, 6) is 0.801. The highest BCUT2D eigenvalue weighted by molar-refractivity contribution is 5.74. The van der Waals surface area contributed by atoms with Gasteiger partial charge in [0.05, 0.1) is 62.4 Å². The molecular weight excluding hydrogens is 658 g/mol. The minimum Gasteiger partial charge on any atom is -0.491 e. The predicted octanol–water partition coefficient (Wildman–Crippen LogP) is 2.21. The zero-order valence-corrected chi connectivity index (χ0v) is 30.4. The fourth-order valence-electron chi connectivity index (χ4n) is 5.06. The zero-order chi connectivity index (χ0) is 36.2. The van der Waals surface area contributed by atoms with Crippen molar-refractivity contribution >= 4 is 0 Å². The molecular formula is C39H57N9O4. The number of rotatable bonds is 30. The van der Waals surface area contributed by atoms with Gasteiger partial charge in [-0.15, -0.1) is 0 Å². The lowest BCUT2D eigenvalue weighted by atomic mass is 10.0. The van der Waals surface area contributed by atoms with Gasteiger partial charge in [-0.2, -0.15) is 0 Å². The van der Waals surface area contributed by atoms with Crippen LogP contribution in [0.2, 0.25) is 0 Å². The van der Waals surface area contributed by atoms with Crippen molar-refractivity contribution in [3.05, 3.63) is 85.2 Å². The Balaban J connectivity index is 0.963. The summed E-state index contributed by atoms with van der Waals surface area (Å²) in [5, 5.41) is 16.8. The molecule has 13 nitrogen and oxygen atoms in total. The molecule has 0 spiro atoms. The van der Waals surface area contributed by atoms with Gasteiger partial charge < -0.3 is 51.3 Å². The monoisotopic (exact) mass is 715 g/mol. The molecule has 0 saturated carbocycles. The Morgan fingerprint density at radius 1 is 0.442 bits per heavy atom. The second-order valence-corrected chi connectivity index (χ2v) is 11.8. The van der Waals surface area contributed by atoms with Crippen molar-refractivity contribution in [3.8, 4) is 39.7 Å². The zero-order valence-electron chi connectivity index (χ0n) is 30.4. The van der Waals surface area contributed by atoms with E-state index in [1.165, 1.54) is 0 Å². The molecule has 52 heavy (non-hydrogen) atoms. The second kappa shape index (κ2) is 26.8. The number of hydrogen-bond acceptors (Lipinski definition) is 13. The van der Waals surface area contributed by atoms with Gasteiger partial charge in [-0.25, -0.2) is 4.98 Å². The number of ether oxygens (including phenoxy) is 4. The average Bonchev–Trinajstić information content (AvgIpc) is 3.20. The summed E-state index contributed by atoms with van der Waals surface area (Å²) in [5.41, 5.74) is 10.8. The summed E-state index contributed by atoms with van der Waals surface area (Å²) < 4.78 is 22.8. The van der Waals surface area contributed by atoms with Gasteiger partial charge in [0.1, 0.15) is 12.4 Å². The first kappa shape index (κ1) is 40.9. The summed E-state index contributed by atoms with van der Waals surface area (Å²) in [4.78, 5) is 13.9. The van der Waals surface area contributed by atoms with E-state index >= 15 is 0 Å². The number of benzene rings is 1. The highest BCUT2D eigenvalue weighted by Crippen LogP contribution is 2.29. The molecule has 1 aromatic carbocycles. The van der Waals surface area contributed by atoms with E-state index in [1.807, 2.05) is 48.5 Å². The molecule has 0 amide bonds. The predicted molar refractivity (Wildman–Crippen MR) is 207 cm³/mol. The number of aromatic nitrogens is 3. The third kappa shape index (κ3) is 17.1. The van der Waals surface area contributed by atoms with Crippen LogP contribution in [0.1, 0.15) is 0 Å². The largest absolute Gasteiger partial charge is 0.491 e. The molecule has 3 heterocycles. The number of nitrogens with one attached hydrogen (secondary N) is 5. The van der Waals surface area contributed by atoms with Crippen LogP contribution in [0.3, 0.4) is 0 Å². The molecule has 282 valence electrons. The molecule has 0 aliphatic carbocycles. The van der Waals surface area contributed by atoms with Crippen LogP contribution in [0.4, 0.5) is 0 Å². The van der Waals surface area contributed by atoms with Gasteiger partial charge in [0.2, 0.25) is 0 Å². The SMILES string of the molecule is NCCNCCNCCOCCOCCNCCNCCNCCOCCOc1ccc(-c2cc(-c3ccccn3)nc(-c3ccccn3)c2)cc1. The minimum atomic E-state index is 0.488. The number of nitrogens with zero attached hydrogens (tertiary/aromatic N) is 3. The first-order chi connectivity index (χ1) is 25.8. The van der Waals surface area contributed by atoms with Gasteiger partial charge in [0.15, 0.2) is 0 Å². The van der Waals surface area contributed by atoms with Crippen molar-refractivity contribution < 1.29 is 18.9 Å². The van der Waals surface area contributed by atoms with Crippen molar-refractivity contribution in [3.63, 3.8) is 0 Å². The molecule has 7 N–H and O–H groups in total. The summed E-state index contributed by atoms with van der Waals surface area (Å²) in [6.45, 7) is 13.7. The molecule has 4 aromatic rings. The van der Waals surface area contributed by atoms with Crippen LogP contribution in [0.25, 0.3) is 33.9 Å². The summed E-state index contributed by atoms with van der Waals surface area (Å²) in [6.07, 6.45) is 3.56. The smallest absolute Gasteiger partial charge is 0.119 e. The van der Waals surface area contributed by atoms with E-state index < -0.39 is 0 Å². The Morgan fingerprint density at radius 2 is 0.904 bits per heavy atom. The number of hydrogen-bond donors (Lipinski definition) is 6. The van der Waals surface area contributed by atoms with Crippen LogP contribution in [0.15, 0.2) is 85.2 Å². The highest BCUT2D eigenvalue weighted by atomic mass is 16.5. The third-order valence-corrected chi connectivity index (χ3v) is 7.76. The maximum Gasteiger partial charge on any atom is 0.119 e. The molecule has 0 atom stereocenters. The Labute approximate surface area is 308 Å². The maximum absolute atomic E-state index is 5.92. The Hall–Kier alpha value is -3.89. The van der Waals surface area contributed by atoms with Crippen molar-refractivity contribution in [1.82, 2.24) is 41.5 Å². The van der Waals surface area contributed by atoms with Crippen LogP contribution < -0.4 is 37.1 Å². The molecule has 0 radical (unpaired) electrons. The van der Waals surface area contributed by atoms with E-state index in [0.717, 1.165) is 105 Å². The minimum absolute atomic E-state index is 0.488. The van der Waals surface area contributed by atoms with Crippen molar-refractivity contribution in [1.29, 1.82) is 0 Å². The molecule has 0 unspecified atom stereocenters. The summed E-state index contributed by atoms with van der Waals surface area (Å²) in [7, 11) is 0. The standard InChI is InChI=1S/C39H57N9O4/c40-11-14-41-15-18-43-21-24-49-27-28-50-25-22-44-19-16-42-17-20-45-23-26-51-29-30-52-35-9-7-33(8-10-35)34-31-38(36-5-1-3-12-46-36)48-39(32-34)37-6-2-4-13-47-37/h1-10,12-13,31-32,41-45H,11,14-30,40H2. The molecule has 0 bridgehead atoms. The highest BCUT2D eigenvalue weighted by Gasteiger charge is 2.10. The van der Waals surface area contributed by atoms with E-state index in [-0.39, 0.29) is 0 Å². The van der Waals surface area contributed by atoms with Gasteiger partial charge in [0.25, 0.3) is 0 Å². The van der Waals surface area contributed by atoms with Crippen LogP contribution in [-0.2, 0) is 14.2 Å². The number of pyridine rings is 3. The first-order valence-electron chi connectivity index (χ1n) is 18.4. The lowest BCUT2D eigenvalue weighted by molar-refractivity contribution is 0.0500. The third-order valence-electron chi connectivity index (χ3n) is 7.76. The number of nitrogens with two attached hydrogens (primary N) is 1. The van der Waals surface area contributed by atoms with Crippen molar-refractivity contribution in [2.24, 2.45) is 5.73 Å². The summed E-state index contributed by atoms with van der Waals surface area (Å²) >= 11 is 0. The van der Waals surface area contributed by atoms with Crippen molar-refractivity contribution in [2.75, 3.05) is 118 Å². The fourth-order valence-corrected chi connectivity index (χ4v) is 5.06. The molecule has 3 aromatic heterocycles. The van der Waals surface area contributed by atoms with Gasteiger partial charge in [-0.1, -0.05) is 24.3 Å². The van der Waals surface area contributed by atoms with Crippen LogP contribution in [0, 0.1) is 0 Å². The van der Waals surface area contributed by atoms with Gasteiger partial charge in [-0.3, -0.25) is 9.97 Å². The lowest BCUT2D eigenvalue weighted by Crippen LogP contribution is -2.34. The molecule has 13 heteroatoms. The van der Waals surface area contributed by atoms with Crippen LogP contribution in [0.5, 0.6) is 5.75 Å². The van der Waals surface area contributed by atoms with E-state index in [4.69, 9.17) is 29.7 Å². The van der Waals surface area contributed by atoms with Gasteiger partial charge >= 0.3 is 0 Å². The van der Waals surface area contributed by atoms with Crippen LogP contribution in [-0.4, -0.2) is 133 Å². The molecule has 0 fully saturated rings. The quantitative estimate of drug-likeness (QED) is 0.0437. The molecule has 4 rings (SSSR count). The van der Waals surface area contributed by atoms with Crippen LogP contribution >= 0.6 is 0 Å². The Bertz CT molecular complexity index is 1400. The average molecular weight is 716 g/mol. The lowest BCUT2D eigenvalue weighted by Gasteiger charge is -2.11. The second-order valence-electron chi connectivity index (χ2n) is 11.8. The van der Waals surface area contributed by atoms with Gasteiger partial charge in [-0.05, 0) is 59.7 Å². The molecule has 0 aliphatic rings. The Kier molecular flexibility index (Phi) is 21.1. The van der Waals surface area contributed by atoms with E-state index in [0.29, 0.717) is 52.8 Å². The van der Waals surface area contributed by atoms with E-state index in [9.17, 15) is 0 Å². The molecule has 0 aliphatic heterocycles. The van der Waals surface area contributed by atoms with E-state index in [2.05, 4.69) is 60.8 Å². The van der Waals surface area contributed by atoms with E-state index in [1.54, 1.807) is 12.4 Å². The topological polar surface area (TPSA) is 162 Å². The van der Waals surface area contributed by atoms with Crippen molar-refractivity contribution in [2.45, 2.75) is 0 Å². The normalized spacial score (nSPS) is 11.2. The molecule has 0 saturated heterocycles. The summed E-state index contributed by atoms with van der Waals surface area (Å²) in [6, 6.07) is 23.9. The fraction of sp³-hybridized carbons (Fsp3) is 0.462. The van der Waals surface area contributed by atoms with Gasteiger partial charge in [0, 0.05) is 84.4 Å².